The maximum absolute atomic E-state index is 6.75. The predicted octanol–water partition coefficient (Wildman–Crippen LogP) is 6.50. The first-order valence-corrected chi connectivity index (χ1v) is 9.29. The summed E-state index contributed by atoms with van der Waals surface area (Å²) in [5.41, 5.74) is 4.07. The Morgan fingerprint density at radius 2 is 1.30 bits per heavy atom. The van der Waals surface area contributed by atoms with Gasteiger partial charge in [-0.3, -0.25) is 0 Å². The van der Waals surface area contributed by atoms with E-state index in [1.807, 2.05) is 12.1 Å². The molecule has 4 aromatic carbocycles. The molecule has 0 atom stereocenters. The van der Waals surface area contributed by atoms with Crippen LogP contribution in [-0.4, -0.2) is 0 Å². The van der Waals surface area contributed by atoms with Crippen LogP contribution in [0, 0.1) is 6.92 Å². The molecule has 0 N–H and O–H groups in total. The van der Waals surface area contributed by atoms with Gasteiger partial charge >= 0.3 is 0 Å². The third kappa shape index (κ3) is 2.47. The van der Waals surface area contributed by atoms with E-state index in [1.54, 1.807) is 0 Å². The van der Waals surface area contributed by atoms with E-state index in [9.17, 15) is 0 Å². The molecule has 130 valence electrons. The number of hydrogen-bond donors (Lipinski definition) is 0. The number of benzene rings is 4. The zero-order chi connectivity index (χ0) is 18.3. The molecule has 4 aromatic rings. The van der Waals surface area contributed by atoms with Crippen molar-refractivity contribution in [3.8, 4) is 5.75 Å². The second kappa shape index (κ2) is 6.14. The second-order valence-electron chi connectivity index (χ2n) is 7.05. The van der Waals surface area contributed by atoms with Crippen molar-refractivity contribution in [1.29, 1.82) is 0 Å². The molecule has 0 spiro atoms. The van der Waals surface area contributed by atoms with Gasteiger partial charge in [0, 0.05) is 16.7 Å². The number of fused-ring (bicyclic) bond motifs is 3. The molecule has 0 radical (unpaired) electrons. The summed E-state index contributed by atoms with van der Waals surface area (Å²) < 4.78 is 6.75. The van der Waals surface area contributed by atoms with Crippen LogP contribution in [0.15, 0.2) is 97.1 Å². The van der Waals surface area contributed by atoms with Gasteiger partial charge in [-0.25, -0.2) is 0 Å². The monoisotopic (exact) mass is 348 g/mol. The third-order valence-electron chi connectivity index (χ3n) is 5.44. The molecule has 27 heavy (non-hydrogen) atoms. The van der Waals surface area contributed by atoms with Crippen molar-refractivity contribution in [2.24, 2.45) is 0 Å². The van der Waals surface area contributed by atoms with Crippen LogP contribution in [0.1, 0.15) is 22.3 Å². The fourth-order valence-corrected chi connectivity index (χ4v) is 4.04. The van der Waals surface area contributed by atoms with E-state index in [0.29, 0.717) is 0 Å². The first kappa shape index (κ1) is 15.9. The summed E-state index contributed by atoms with van der Waals surface area (Å²) in [5, 5.41) is 2.51. The van der Waals surface area contributed by atoms with Crippen LogP contribution >= 0.6 is 0 Å². The smallest absolute Gasteiger partial charge is 0.178 e. The standard InChI is InChI=1S/C26H20O/c1-19-9-8-14-23-22(19)15-16-25-24(23)17-18-26(27-25,20-10-4-2-5-11-20)21-12-6-3-7-13-21/h2-18H,1H3. The van der Waals surface area contributed by atoms with E-state index < -0.39 is 5.60 Å². The molecule has 1 nitrogen and oxygen atoms in total. The lowest BCUT2D eigenvalue weighted by atomic mass is 9.83. The number of hydrogen-bond acceptors (Lipinski definition) is 1. The highest BCUT2D eigenvalue weighted by Gasteiger charge is 2.37. The molecule has 0 bridgehead atoms. The summed E-state index contributed by atoms with van der Waals surface area (Å²) in [4.78, 5) is 0. The van der Waals surface area contributed by atoms with E-state index in [-0.39, 0.29) is 0 Å². The van der Waals surface area contributed by atoms with Crippen LogP contribution in [0.3, 0.4) is 0 Å². The Hall–Kier alpha value is -3.32. The molecule has 1 aliphatic rings. The summed E-state index contributed by atoms with van der Waals surface area (Å²) in [5.74, 6) is 0.920. The lowest BCUT2D eigenvalue weighted by Crippen LogP contribution is -2.34. The van der Waals surface area contributed by atoms with Crippen molar-refractivity contribution < 1.29 is 4.74 Å². The Labute approximate surface area is 159 Å². The summed E-state index contributed by atoms with van der Waals surface area (Å²) in [7, 11) is 0. The second-order valence-corrected chi connectivity index (χ2v) is 7.05. The Morgan fingerprint density at radius 3 is 1.96 bits per heavy atom. The number of rotatable bonds is 2. The highest BCUT2D eigenvalue weighted by Crippen LogP contribution is 2.44. The summed E-state index contributed by atoms with van der Waals surface area (Å²) in [6, 6.07) is 31.6. The molecule has 1 heterocycles. The van der Waals surface area contributed by atoms with Crippen LogP contribution in [0.25, 0.3) is 16.8 Å². The van der Waals surface area contributed by atoms with Crippen molar-refractivity contribution in [2.45, 2.75) is 12.5 Å². The largest absolute Gasteiger partial charge is 0.473 e. The van der Waals surface area contributed by atoms with E-state index in [4.69, 9.17) is 4.74 Å². The quantitative estimate of drug-likeness (QED) is 0.402. The van der Waals surface area contributed by atoms with Gasteiger partial charge in [0.2, 0.25) is 0 Å². The third-order valence-corrected chi connectivity index (χ3v) is 5.44. The summed E-state index contributed by atoms with van der Waals surface area (Å²) >= 11 is 0. The Balaban J connectivity index is 1.75. The van der Waals surface area contributed by atoms with Gasteiger partial charge < -0.3 is 4.74 Å². The average Bonchev–Trinajstić information content (AvgIpc) is 2.74. The van der Waals surface area contributed by atoms with Crippen molar-refractivity contribution in [3.63, 3.8) is 0 Å². The molecule has 0 aromatic heterocycles. The molecule has 0 amide bonds. The number of ether oxygens (including phenoxy) is 1. The fraction of sp³-hybridized carbons (Fsp3) is 0.0769. The van der Waals surface area contributed by atoms with Crippen LogP contribution in [0.5, 0.6) is 5.75 Å². The summed E-state index contributed by atoms with van der Waals surface area (Å²) in [6.45, 7) is 2.15. The van der Waals surface area contributed by atoms with E-state index in [1.165, 1.54) is 16.3 Å². The van der Waals surface area contributed by atoms with Gasteiger partial charge in [-0.2, -0.15) is 0 Å². The molecular weight excluding hydrogens is 328 g/mol. The van der Waals surface area contributed by atoms with E-state index >= 15 is 0 Å². The highest BCUT2D eigenvalue weighted by atomic mass is 16.5. The van der Waals surface area contributed by atoms with Crippen molar-refractivity contribution >= 4 is 16.8 Å². The summed E-state index contributed by atoms with van der Waals surface area (Å²) in [6.07, 6.45) is 4.42. The van der Waals surface area contributed by atoms with Gasteiger partial charge in [-0.1, -0.05) is 84.9 Å². The molecule has 1 heteroatoms. The van der Waals surface area contributed by atoms with Gasteiger partial charge in [-0.05, 0) is 41.5 Å². The number of aryl methyl sites for hydroxylation is 1. The normalized spacial score (nSPS) is 14.6. The van der Waals surface area contributed by atoms with Crippen molar-refractivity contribution in [2.75, 3.05) is 0 Å². The molecule has 0 saturated carbocycles. The maximum Gasteiger partial charge on any atom is 0.178 e. The van der Waals surface area contributed by atoms with Crippen LogP contribution in [0.4, 0.5) is 0 Å². The molecular formula is C26H20O. The minimum absolute atomic E-state index is 0.618. The predicted molar refractivity (Wildman–Crippen MR) is 112 cm³/mol. The zero-order valence-corrected chi connectivity index (χ0v) is 15.2. The van der Waals surface area contributed by atoms with E-state index in [0.717, 1.165) is 22.4 Å². The molecule has 0 saturated heterocycles. The van der Waals surface area contributed by atoms with Crippen LogP contribution in [0.2, 0.25) is 0 Å². The van der Waals surface area contributed by atoms with Gasteiger partial charge in [0.25, 0.3) is 0 Å². The van der Waals surface area contributed by atoms with Crippen LogP contribution < -0.4 is 4.74 Å². The van der Waals surface area contributed by atoms with Gasteiger partial charge in [0.15, 0.2) is 5.60 Å². The fourth-order valence-electron chi connectivity index (χ4n) is 4.04. The Bertz CT molecular complexity index is 1100. The zero-order valence-electron chi connectivity index (χ0n) is 15.2. The molecule has 5 rings (SSSR count). The molecule has 0 aliphatic carbocycles. The highest BCUT2D eigenvalue weighted by molar-refractivity contribution is 5.95. The minimum Gasteiger partial charge on any atom is -0.473 e. The topological polar surface area (TPSA) is 9.23 Å². The lowest BCUT2D eigenvalue weighted by molar-refractivity contribution is 0.161. The Kier molecular flexibility index (Phi) is 3.61. The average molecular weight is 348 g/mol. The van der Waals surface area contributed by atoms with Crippen molar-refractivity contribution in [1.82, 2.24) is 0 Å². The van der Waals surface area contributed by atoms with Gasteiger partial charge in [0.05, 0.1) is 0 Å². The maximum atomic E-state index is 6.75. The lowest BCUT2D eigenvalue weighted by Gasteiger charge is -2.36. The van der Waals surface area contributed by atoms with Gasteiger partial charge in [0.1, 0.15) is 5.75 Å². The van der Waals surface area contributed by atoms with Crippen molar-refractivity contribution in [3.05, 3.63) is 119 Å². The SMILES string of the molecule is Cc1cccc2c3c(ccc12)OC(c1ccccc1)(c1ccccc1)C=C3. The Morgan fingerprint density at radius 1 is 0.630 bits per heavy atom. The molecule has 0 unspecified atom stereocenters. The minimum atomic E-state index is -0.618. The van der Waals surface area contributed by atoms with Crippen LogP contribution in [-0.2, 0) is 5.60 Å². The molecule has 1 aliphatic heterocycles. The van der Waals surface area contributed by atoms with Gasteiger partial charge in [-0.15, -0.1) is 0 Å². The molecule has 0 fully saturated rings. The van der Waals surface area contributed by atoms with E-state index in [2.05, 4.69) is 97.9 Å². The first-order chi connectivity index (χ1) is 13.3. The first-order valence-electron chi connectivity index (χ1n) is 9.29.